The Hall–Kier alpha value is -4.36. The first-order chi connectivity index (χ1) is 38.6. The number of esters is 3. The fraction of sp³-hybridized carbons (Fsp3) is 0.701. The van der Waals surface area contributed by atoms with Gasteiger partial charge in [-0.05, 0) is 77.0 Å². The molecule has 0 spiro atoms. The molecule has 79 heavy (non-hydrogen) atoms. The van der Waals surface area contributed by atoms with Crippen molar-refractivity contribution in [2.75, 3.05) is 13.2 Å². The lowest BCUT2D eigenvalue weighted by Crippen LogP contribution is -2.61. The van der Waals surface area contributed by atoms with Gasteiger partial charge in [0.2, 0.25) is 0 Å². The summed E-state index contributed by atoms with van der Waals surface area (Å²) in [5.74, 6) is -3.30. The molecule has 1 fully saturated rings. The summed E-state index contributed by atoms with van der Waals surface area (Å²) in [7, 11) is 0. The summed E-state index contributed by atoms with van der Waals surface area (Å²) < 4.78 is 28.3. The maximum atomic E-state index is 13.2. The second-order valence-electron chi connectivity index (χ2n) is 21.0. The minimum absolute atomic E-state index is 0.130. The normalized spacial score (nSPS) is 18.5. The van der Waals surface area contributed by atoms with Crippen molar-refractivity contribution in [1.29, 1.82) is 0 Å². The molecule has 6 unspecified atom stereocenters. The highest BCUT2D eigenvalue weighted by atomic mass is 16.7. The third-order valence-corrected chi connectivity index (χ3v) is 13.7. The van der Waals surface area contributed by atoms with Gasteiger partial charge in [0.1, 0.15) is 18.8 Å². The number of carbonyl (C=O) groups is 4. The van der Waals surface area contributed by atoms with E-state index in [0.717, 1.165) is 96.3 Å². The van der Waals surface area contributed by atoms with Crippen LogP contribution < -0.4 is 0 Å². The van der Waals surface area contributed by atoms with Gasteiger partial charge < -0.3 is 39.0 Å². The molecule has 0 aliphatic carbocycles. The number of aliphatic hydroxyl groups excluding tert-OH is 2. The van der Waals surface area contributed by atoms with Gasteiger partial charge in [-0.3, -0.25) is 14.4 Å². The summed E-state index contributed by atoms with van der Waals surface area (Å²) in [4.78, 5) is 51.2. The Labute approximate surface area is 479 Å². The van der Waals surface area contributed by atoms with Gasteiger partial charge in [0.05, 0.1) is 13.0 Å². The zero-order valence-electron chi connectivity index (χ0n) is 49.6. The number of hydrogen-bond donors (Lipinski definition) is 3. The van der Waals surface area contributed by atoms with Gasteiger partial charge in [0, 0.05) is 12.8 Å². The Balaban J connectivity index is 2.71. The lowest BCUT2D eigenvalue weighted by molar-refractivity contribution is -0.301. The number of aliphatic carboxylic acids is 1. The first kappa shape index (κ1) is 72.7. The Morgan fingerprint density at radius 1 is 0.443 bits per heavy atom. The van der Waals surface area contributed by atoms with E-state index in [2.05, 4.69) is 93.7 Å². The Bertz CT molecular complexity index is 1740. The quantitative estimate of drug-likeness (QED) is 0.0228. The number of rotatable bonds is 52. The maximum Gasteiger partial charge on any atom is 0.335 e. The number of carbonyl (C=O) groups excluding carboxylic acids is 3. The summed E-state index contributed by atoms with van der Waals surface area (Å²) >= 11 is 0. The first-order valence-electron chi connectivity index (χ1n) is 31.2. The molecular weight excluding hydrogens is 997 g/mol. The zero-order valence-corrected chi connectivity index (χ0v) is 49.6. The lowest BCUT2D eigenvalue weighted by Gasteiger charge is -2.40. The highest BCUT2D eigenvalue weighted by Gasteiger charge is 2.50. The van der Waals surface area contributed by atoms with E-state index in [1.807, 2.05) is 12.2 Å². The van der Waals surface area contributed by atoms with Crippen LogP contribution in [0, 0.1) is 0 Å². The van der Waals surface area contributed by atoms with Gasteiger partial charge in [-0.1, -0.05) is 253 Å². The van der Waals surface area contributed by atoms with Crippen molar-refractivity contribution in [3.8, 4) is 0 Å². The molecule has 0 aromatic carbocycles. The minimum Gasteiger partial charge on any atom is -0.479 e. The van der Waals surface area contributed by atoms with Crippen LogP contribution in [0.25, 0.3) is 0 Å². The number of aliphatic hydroxyl groups is 2. The fourth-order valence-corrected chi connectivity index (χ4v) is 8.99. The molecule has 1 rings (SSSR count). The van der Waals surface area contributed by atoms with E-state index < -0.39 is 67.3 Å². The summed E-state index contributed by atoms with van der Waals surface area (Å²) in [6.07, 6.45) is 59.8. The predicted molar refractivity (Wildman–Crippen MR) is 321 cm³/mol. The number of carboxylic acids is 1. The monoisotopic (exact) mass is 1110 g/mol. The number of unbranched alkanes of at least 4 members (excludes halogenated alkanes) is 23. The number of allylic oxidation sites excluding steroid dienone is 15. The van der Waals surface area contributed by atoms with Crippen LogP contribution in [0.2, 0.25) is 0 Å². The average molecular weight is 1110 g/mol. The zero-order chi connectivity index (χ0) is 57.5. The largest absolute Gasteiger partial charge is 0.479 e. The molecule has 6 atom stereocenters. The summed E-state index contributed by atoms with van der Waals surface area (Å²) in [5, 5.41) is 31.5. The molecule has 12 heteroatoms. The molecular formula is C67H110O12. The predicted octanol–water partition coefficient (Wildman–Crippen LogP) is 16.5. The van der Waals surface area contributed by atoms with Crippen LogP contribution in [0.1, 0.15) is 252 Å². The van der Waals surface area contributed by atoms with Crippen LogP contribution in [0.4, 0.5) is 0 Å². The SMILES string of the molecule is CC/C=C\C/C=C\C/C=C\C/C=C\C/C=C\CC(=O)OC1C(OCC(COC(=O)CCCCCCCCCCCCCCCCCCCCC)OC(=O)CCCCCCC/C=C\C/C=C\C/C=C\CC)OC(C(=O)O)C(O)C1O. The standard InChI is InChI=1S/C67H110O12/c1-4-7-10-13-16-19-22-25-28-29-30-31-34-35-38-41-44-47-50-53-59(68)75-56-58(77-60(69)54-51-48-45-42-39-36-32-26-23-20-17-14-11-8-5-2)57-76-67-65(63(72)62(71)64(79-67)66(73)74)78-61(70)55-52-49-46-43-40-37-33-27-24-21-18-15-12-9-6-3/h8-9,11-12,17-18,20-21,26-27,32-33,40,43,49,52,58,62-65,67,71-72H,4-7,10,13-16,19,22-25,28-31,34-39,41-42,44-48,50-51,53-57H2,1-3H3,(H,73,74)/b11-8-,12-9-,20-17-,21-18-,32-26-,33-27-,43-40-,52-49-. The van der Waals surface area contributed by atoms with Gasteiger partial charge in [0.25, 0.3) is 0 Å². The highest BCUT2D eigenvalue weighted by Crippen LogP contribution is 2.26. The number of hydrogen-bond acceptors (Lipinski definition) is 11. The van der Waals surface area contributed by atoms with Crippen molar-refractivity contribution in [2.24, 2.45) is 0 Å². The Morgan fingerprint density at radius 3 is 1.28 bits per heavy atom. The third-order valence-electron chi connectivity index (χ3n) is 13.7. The van der Waals surface area contributed by atoms with E-state index >= 15 is 0 Å². The van der Waals surface area contributed by atoms with E-state index in [-0.39, 0.29) is 25.9 Å². The van der Waals surface area contributed by atoms with Crippen molar-refractivity contribution < 1.29 is 58.2 Å². The molecule has 0 radical (unpaired) electrons. The molecule has 1 heterocycles. The molecule has 1 aliphatic rings. The van der Waals surface area contributed by atoms with Crippen LogP contribution in [0.15, 0.2) is 97.2 Å². The van der Waals surface area contributed by atoms with Gasteiger partial charge in [0.15, 0.2) is 24.6 Å². The molecule has 0 aromatic rings. The van der Waals surface area contributed by atoms with E-state index in [4.69, 9.17) is 23.7 Å². The van der Waals surface area contributed by atoms with E-state index in [9.17, 15) is 34.5 Å². The van der Waals surface area contributed by atoms with Crippen molar-refractivity contribution in [3.05, 3.63) is 97.2 Å². The van der Waals surface area contributed by atoms with Gasteiger partial charge in [-0.15, -0.1) is 0 Å². The van der Waals surface area contributed by atoms with Crippen molar-refractivity contribution in [2.45, 2.75) is 289 Å². The highest BCUT2D eigenvalue weighted by molar-refractivity contribution is 5.74. The fourth-order valence-electron chi connectivity index (χ4n) is 8.99. The number of carboxylic acid groups (broad SMARTS) is 1. The molecule has 1 aliphatic heterocycles. The molecule has 12 nitrogen and oxygen atoms in total. The van der Waals surface area contributed by atoms with Crippen LogP contribution in [0.3, 0.4) is 0 Å². The number of ether oxygens (including phenoxy) is 5. The second kappa shape index (κ2) is 54.2. The van der Waals surface area contributed by atoms with Gasteiger partial charge in [-0.2, -0.15) is 0 Å². The summed E-state index contributed by atoms with van der Waals surface area (Å²) in [6.45, 7) is 5.73. The van der Waals surface area contributed by atoms with Crippen LogP contribution >= 0.6 is 0 Å². The third kappa shape index (κ3) is 44.0. The first-order valence-corrected chi connectivity index (χ1v) is 31.2. The molecule has 450 valence electrons. The van der Waals surface area contributed by atoms with Crippen LogP contribution in [-0.2, 0) is 42.9 Å². The molecule has 0 saturated carbocycles. The Morgan fingerprint density at radius 2 is 0.835 bits per heavy atom. The molecule has 0 amide bonds. The van der Waals surface area contributed by atoms with Crippen molar-refractivity contribution >= 4 is 23.9 Å². The van der Waals surface area contributed by atoms with E-state index in [0.29, 0.717) is 19.3 Å². The minimum atomic E-state index is -1.94. The van der Waals surface area contributed by atoms with Crippen LogP contribution in [-0.4, -0.2) is 89.2 Å². The van der Waals surface area contributed by atoms with Gasteiger partial charge >= 0.3 is 23.9 Å². The summed E-state index contributed by atoms with van der Waals surface area (Å²) in [6, 6.07) is 0. The Kier molecular flexibility index (Phi) is 49.9. The molecule has 3 N–H and O–H groups in total. The van der Waals surface area contributed by atoms with E-state index in [1.54, 1.807) is 12.2 Å². The van der Waals surface area contributed by atoms with Gasteiger partial charge in [-0.25, -0.2) is 4.79 Å². The van der Waals surface area contributed by atoms with E-state index in [1.165, 1.54) is 96.3 Å². The lowest BCUT2D eigenvalue weighted by atomic mass is 9.98. The maximum absolute atomic E-state index is 13.2. The molecule has 0 bridgehead atoms. The average Bonchev–Trinajstić information content (AvgIpc) is 3.44. The summed E-state index contributed by atoms with van der Waals surface area (Å²) in [5.41, 5.74) is 0. The van der Waals surface area contributed by atoms with Crippen molar-refractivity contribution in [3.63, 3.8) is 0 Å². The molecule has 0 aromatic heterocycles. The topological polar surface area (TPSA) is 175 Å². The van der Waals surface area contributed by atoms with Crippen molar-refractivity contribution in [1.82, 2.24) is 0 Å². The smallest absolute Gasteiger partial charge is 0.335 e. The second-order valence-corrected chi connectivity index (χ2v) is 21.0. The van der Waals surface area contributed by atoms with Crippen LogP contribution in [0.5, 0.6) is 0 Å². The molecule has 1 saturated heterocycles.